The van der Waals surface area contributed by atoms with Gasteiger partial charge < -0.3 is 19.5 Å². The van der Waals surface area contributed by atoms with Crippen LogP contribution in [0.3, 0.4) is 0 Å². The van der Waals surface area contributed by atoms with Crippen LogP contribution in [-0.4, -0.2) is 38.5 Å². The van der Waals surface area contributed by atoms with E-state index >= 15 is 0 Å². The molecule has 0 spiro atoms. The molecule has 0 amide bonds. The Hall–Kier alpha value is -0.780. The van der Waals surface area contributed by atoms with Crippen LogP contribution < -0.4 is 14.8 Å². The van der Waals surface area contributed by atoms with Gasteiger partial charge in [0.15, 0.2) is 0 Å². The molecule has 2 rings (SSSR count). The van der Waals surface area contributed by atoms with Gasteiger partial charge in [0.1, 0.15) is 23.7 Å². The van der Waals surface area contributed by atoms with Gasteiger partial charge in [0.25, 0.3) is 0 Å². The SMILES string of the molecule is CCCOC1C(NCC)CC1Oc1ccc(OC)cc1Br. The highest BCUT2D eigenvalue weighted by Crippen LogP contribution is 2.34. The molecule has 0 radical (unpaired) electrons. The largest absolute Gasteiger partial charge is 0.497 e. The number of hydrogen-bond donors (Lipinski definition) is 1. The molecule has 118 valence electrons. The maximum Gasteiger partial charge on any atom is 0.134 e. The number of halogens is 1. The summed E-state index contributed by atoms with van der Waals surface area (Å²) in [6.45, 7) is 5.97. The second-order valence-corrected chi connectivity index (χ2v) is 6.04. The van der Waals surface area contributed by atoms with Crippen molar-refractivity contribution in [2.75, 3.05) is 20.3 Å². The highest BCUT2D eigenvalue weighted by atomic mass is 79.9. The molecule has 1 N–H and O–H groups in total. The zero-order chi connectivity index (χ0) is 15.2. The molecule has 1 aromatic rings. The number of likely N-dealkylation sites (N-methyl/N-ethyl adjacent to an activating group) is 1. The second-order valence-electron chi connectivity index (χ2n) is 5.19. The minimum atomic E-state index is 0.102. The molecule has 1 fully saturated rings. The fourth-order valence-electron chi connectivity index (χ4n) is 2.50. The van der Waals surface area contributed by atoms with E-state index in [4.69, 9.17) is 14.2 Å². The Labute approximate surface area is 135 Å². The van der Waals surface area contributed by atoms with Gasteiger partial charge in [0.2, 0.25) is 0 Å². The van der Waals surface area contributed by atoms with Crippen LogP contribution in [0.5, 0.6) is 11.5 Å². The fraction of sp³-hybridized carbons (Fsp3) is 0.625. The molecule has 3 unspecified atom stereocenters. The Morgan fingerprint density at radius 2 is 2.14 bits per heavy atom. The summed E-state index contributed by atoms with van der Waals surface area (Å²) in [4.78, 5) is 0. The third-order valence-electron chi connectivity index (χ3n) is 3.65. The molecule has 1 saturated carbocycles. The highest BCUT2D eigenvalue weighted by molar-refractivity contribution is 9.10. The van der Waals surface area contributed by atoms with Gasteiger partial charge in [-0.3, -0.25) is 0 Å². The fourth-order valence-corrected chi connectivity index (χ4v) is 2.95. The average molecular weight is 358 g/mol. The van der Waals surface area contributed by atoms with Gasteiger partial charge in [0, 0.05) is 19.1 Å². The van der Waals surface area contributed by atoms with Crippen molar-refractivity contribution < 1.29 is 14.2 Å². The van der Waals surface area contributed by atoms with Gasteiger partial charge in [-0.1, -0.05) is 13.8 Å². The zero-order valence-electron chi connectivity index (χ0n) is 12.9. The first-order chi connectivity index (χ1) is 10.2. The van der Waals surface area contributed by atoms with Gasteiger partial charge in [0.05, 0.1) is 11.6 Å². The van der Waals surface area contributed by atoms with E-state index in [0.29, 0.717) is 6.04 Å². The molecule has 1 aliphatic carbocycles. The summed E-state index contributed by atoms with van der Waals surface area (Å²) in [5, 5.41) is 3.45. The van der Waals surface area contributed by atoms with Crippen molar-refractivity contribution in [1.29, 1.82) is 0 Å². The first-order valence-corrected chi connectivity index (χ1v) is 8.34. The predicted molar refractivity (Wildman–Crippen MR) is 87.2 cm³/mol. The summed E-state index contributed by atoms with van der Waals surface area (Å²) >= 11 is 3.53. The lowest BCUT2D eigenvalue weighted by Crippen LogP contribution is -2.61. The Balaban J connectivity index is 1.98. The first-order valence-electron chi connectivity index (χ1n) is 7.54. The van der Waals surface area contributed by atoms with Crippen molar-refractivity contribution in [3.8, 4) is 11.5 Å². The lowest BCUT2D eigenvalue weighted by molar-refractivity contribution is -0.107. The monoisotopic (exact) mass is 357 g/mol. The van der Waals surface area contributed by atoms with E-state index in [2.05, 4.69) is 35.1 Å². The molecule has 0 heterocycles. The summed E-state index contributed by atoms with van der Waals surface area (Å²) in [5.74, 6) is 1.65. The molecule has 1 aliphatic rings. The summed E-state index contributed by atoms with van der Waals surface area (Å²) in [6.07, 6.45) is 2.22. The van der Waals surface area contributed by atoms with Crippen molar-refractivity contribution in [3.63, 3.8) is 0 Å². The summed E-state index contributed by atoms with van der Waals surface area (Å²) in [6, 6.07) is 6.14. The van der Waals surface area contributed by atoms with E-state index in [1.807, 2.05) is 18.2 Å². The maximum atomic E-state index is 6.10. The molecule has 0 aliphatic heterocycles. The molecule has 0 aromatic heterocycles. The molecule has 0 saturated heterocycles. The number of nitrogens with one attached hydrogen (secondary N) is 1. The number of methoxy groups -OCH3 is 1. The molecule has 4 nitrogen and oxygen atoms in total. The van der Waals surface area contributed by atoms with Crippen LogP contribution in [0.4, 0.5) is 0 Å². The van der Waals surface area contributed by atoms with E-state index in [9.17, 15) is 0 Å². The lowest BCUT2D eigenvalue weighted by Gasteiger charge is -2.44. The van der Waals surface area contributed by atoms with Crippen LogP contribution in [0, 0.1) is 0 Å². The summed E-state index contributed by atoms with van der Waals surface area (Å²) in [7, 11) is 1.66. The molecule has 1 aromatic carbocycles. The minimum absolute atomic E-state index is 0.102. The molecule has 21 heavy (non-hydrogen) atoms. The first kappa shape index (κ1) is 16.6. The van der Waals surface area contributed by atoms with Crippen molar-refractivity contribution in [3.05, 3.63) is 22.7 Å². The van der Waals surface area contributed by atoms with E-state index in [0.717, 1.165) is 42.0 Å². The van der Waals surface area contributed by atoms with Crippen LogP contribution in [0.2, 0.25) is 0 Å². The van der Waals surface area contributed by atoms with Crippen LogP contribution >= 0.6 is 15.9 Å². The van der Waals surface area contributed by atoms with Gasteiger partial charge >= 0.3 is 0 Å². The number of hydrogen-bond acceptors (Lipinski definition) is 4. The molecular formula is C16H24BrNO3. The second kappa shape index (κ2) is 8.01. The molecule has 3 atom stereocenters. The normalized spacial score (nSPS) is 24.5. The van der Waals surface area contributed by atoms with Gasteiger partial charge in [-0.2, -0.15) is 0 Å². The Bertz CT molecular complexity index is 455. The highest BCUT2D eigenvalue weighted by Gasteiger charge is 2.43. The molecule has 0 bridgehead atoms. The van der Waals surface area contributed by atoms with Crippen molar-refractivity contribution >= 4 is 15.9 Å². The van der Waals surface area contributed by atoms with Crippen molar-refractivity contribution in [2.24, 2.45) is 0 Å². The Kier molecular flexibility index (Phi) is 6.33. The van der Waals surface area contributed by atoms with E-state index in [1.54, 1.807) is 7.11 Å². The van der Waals surface area contributed by atoms with E-state index in [1.165, 1.54) is 0 Å². The Morgan fingerprint density at radius 1 is 1.33 bits per heavy atom. The number of ether oxygens (including phenoxy) is 3. The average Bonchev–Trinajstić information content (AvgIpc) is 2.47. The van der Waals surface area contributed by atoms with E-state index < -0.39 is 0 Å². The van der Waals surface area contributed by atoms with E-state index in [-0.39, 0.29) is 12.2 Å². The third-order valence-corrected chi connectivity index (χ3v) is 4.27. The Morgan fingerprint density at radius 3 is 2.76 bits per heavy atom. The van der Waals surface area contributed by atoms with Crippen LogP contribution in [0.25, 0.3) is 0 Å². The van der Waals surface area contributed by atoms with Crippen LogP contribution in [0.1, 0.15) is 26.7 Å². The smallest absolute Gasteiger partial charge is 0.134 e. The number of benzene rings is 1. The third kappa shape index (κ3) is 4.11. The standard InChI is InChI=1S/C16H24BrNO3/c1-4-8-20-16-13(18-5-2)10-15(16)21-14-7-6-11(19-3)9-12(14)17/h6-7,9,13,15-16,18H,4-5,8,10H2,1-3H3. The summed E-state index contributed by atoms with van der Waals surface area (Å²) < 4.78 is 18.1. The lowest BCUT2D eigenvalue weighted by atomic mass is 9.85. The van der Waals surface area contributed by atoms with Crippen LogP contribution in [0.15, 0.2) is 22.7 Å². The zero-order valence-corrected chi connectivity index (χ0v) is 14.5. The van der Waals surface area contributed by atoms with Gasteiger partial charge in [-0.05, 0) is 47.1 Å². The summed E-state index contributed by atoms with van der Waals surface area (Å²) in [5.41, 5.74) is 0. The predicted octanol–water partition coefficient (Wildman–Crippen LogP) is 3.38. The van der Waals surface area contributed by atoms with Gasteiger partial charge in [-0.15, -0.1) is 0 Å². The molecule has 5 heteroatoms. The van der Waals surface area contributed by atoms with Crippen molar-refractivity contribution in [2.45, 2.75) is 44.9 Å². The molecular weight excluding hydrogens is 334 g/mol. The quantitative estimate of drug-likeness (QED) is 0.773. The topological polar surface area (TPSA) is 39.7 Å². The van der Waals surface area contributed by atoms with Gasteiger partial charge in [-0.25, -0.2) is 0 Å². The minimum Gasteiger partial charge on any atom is -0.497 e. The van der Waals surface area contributed by atoms with Crippen molar-refractivity contribution in [1.82, 2.24) is 5.32 Å². The maximum absolute atomic E-state index is 6.10. The van der Waals surface area contributed by atoms with Crippen LogP contribution in [-0.2, 0) is 4.74 Å². The number of rotatable bonds is 8.